The molecule has 1 N–H and O–H groups in total. The van der Waals surface area contributed by atoms with Gasteiger partial charge in [0.05, 0.1) is 28.8 Å². The molecule has 3 aromatic carbocycles. The van der Waals surface area contributed by atoms with Crippen molar-refractivity contribution in [1.29, 1.82) is 0 Å². The summed E-state index contributed by atoms with van der Waals surface area (Å²) in [5, 5.41) is 13.0. The van der Waals surface area contributed by atoms with Gasteiger partial charge in [0.1, 0.15) is 5.75 Å². The Morgan fingerprint density at radius 1 is 1.03 bits per heavy atom. The molecule has 5 rings (SSSR count). The molecular formula is C26H23N5O2S2. The highest BCUT2D eigenvalue weighted by molar-refractivity contribution is 7.99. The monoisotopic (exact) mass is 501 g/mol. The van der Waals surface area contributed by atoms with Gasteiger partial charge < -0.3 is 10.1 Å². The van der Waals surface area contributed by atoms with Crippen LogP contribution in [0.4, 0.5) is 5.13 Å². The van der Waals surface area contributed by atoms with E-state index in [0.29, 0.717) is 10.3 Å². The number of nitrogens with one attached hydrogen (secondary N) is 1. The second-order valence-corrected chi connectivity index (χ2v) is 9.94. The molecule has 35 heavy (non-hydrogen) atoms. The van der Waals surface area contributed by atoms with Gasteiger partial charge in [-0.15, -0.1) is 10.2 Å². The van der Waals surface area contributed by atoms with Crippen LogP contribution in [0, 0.1) is 13.8 Å². The third-order valence-corrected chi connectivity index (χ3v) is 7.45. The average Bonchev–Trinajstić information content (AvgIpc) is 3.48. The van der Waals surface area contributed by atoms with Crippen LogP contribution in [0.3, 0.4) is 0 Å². The molecule has 0 bridgehead atoms. The highest BCUT2D eigenvalue weighted by atomic mass is 32.2. The number of hydrogen-bond acceptors (Lipinski definition) is 7. The number of anilines is 1. The number of rotatable bonds is 7. The predicted molar refractivity (Wildman–Crippen MR) is 142 cm³/mol. The number of carbonyl (C=O) groups is 1. The smallest absolute Gasteiger partial charge is 0.236 e. The highest BCUT2D eigenvalue weighted by Crippen LogP contribution is 2.31. The van der Waals surface area contributed by atoms with Gasteiger partial charge in [0.2, 0.25) is 5.91 Å². The van der Waals surface area contributed by atoms with Crippen molar-refractivity contribution in [1.82, 2.24) is 19.7 Å². The van der Waals surface area contributed by atoms with Crippen LogP contribution in [0.25, 0.3) is 27.3 Å². The molecule has 0 spiro atoms. The number of fused-ring (bicyclic) bond motifs is 1. The molecule has 0 atom stereocenters. The first kappa shape index (κ1) is 23.1. The molecular weight excluding hydrogens is 478 g/mol. The summed E-state index contributed by atoms with van der Waals surface area (Å²) >= 11 is 2.76. The quantitative estimate of drug-likeness (QED) is 0.280. The minimum Gasteiger partial charge on any atom is -0.497 e. The molecule has 7 nitrogen and oxygen atoms in total. The van der Waals surface area contributed by atoms with Crippen LogP contribution in [0.5, 0.6) is 5.75 Å². The zero-order chi connectivity index (χ0) is 24.4. The number of aromatic nitrogens is 4. The zero-order valence-electron chi connectivity index (χ0n) is 19.5. The lowest BCUT2D eigenvalue weighted by atomic mass is 10.1. The Hall–Kier alpha value is -3.69. The van der Waals surface area contributed by atoms with E-state index in [4.69, 9.17) is 4.74 Å². The predicted octanol–water partition coefficient (Wildman–Crippen LogP) is 5.90. The Bertz CT molecular complexity index is 1510. The zero-order valence-corrected chi connectivity index (χ0v) is 21.1. The molecule has 0 aliphatic heterocycles. The molecule has 9 heteroatoms. The van der Waals surface area contributed by atoms with Crippen LogP contribution in [0.1, 0.15) is 11.1 Å². The fraction of sp³-hybridized carbons (Fsp3) is 0.154. The molecule has 0 unspecified atom stereocenters. The maximum atomic E-state index is 12.8. The lowest BCUT2D eigenvalue weighted by molar-refractivity contribution is -0.113. The molecule has 176 valence electrons. The van der Waals surface area contributed by atoms with Crippen LogP contribution in [-0.2, 0) is 4.79 Å². The summed E-state index contributed by atoms with van der Waals surface area (Å²) in [6.45, 7) is 4.17. The third kappa shape index (κ3) is 4.91. The number of amides is 1. The van der Waals surface area contributed by atoms with E-state index in [2.05, 4.69) is 52.5 Å². The SMILES string of the molecule is COc1ccc2nc(NC(=O)CSc3nnc(-c4ccccc4)n3-c3ccc(C)c(C)c3)sc2c1. The first-order chi connectivity index (χ1) is 17.0. The fourth-order valence-corrected chi connectivity index (χ4v) is 5.27. The number of ether oxygens (including phenoxy) is 1. The summed E-state index contributed by atoms with van der Waals surface area (Å²) in [6.07, 6.45) is 0. The Morgan fingerprint density at radius 3 is 2.63 bits per heavy atom. The van der Waals surface area contributed by atoms with E-state index in [1.165, 1.54) is 34.2 Å². The lowest BCUT2D eigenvalue weighted by Gasteiger charge is -2.12. The highest BCUT2D eigenvalue weighted by Gasteiger charge is 2.18. The van der Waals surface area contributed by atoms with E-state index in [1.54, 1.807) is 7.11 Å². The number of nitrogens with zero attached hydrogens (tertiary/aromatic N) is 4. The molecule has 0 aliphatic rings. The molecule has 5 aromatic rings. The Labute approximate surface area is 211 Å². The molecule has 2 aromatic heterocycles. The number of aryl methyl sites for hydroxylation is 2. The number of benzene rings is 3. The molecule has 0 fully saturated rings. The molecule has 1 amide bonds. The lowest BCUT2D eigenvalue weighted by Crippen LogP contribution is -2.14. The van der Waals surface area contributed by atoms with Gasteiger partial charge in [-0.1, -0.05) is 59.5 Å². The minimum atomic E-state index is -0.156. The van der Waals surface area contributed by atoms with Gasteiger partial charge >= 0.3 is 0 Å². The van der Waals surface area contributed by atoms with Gasteiger partial charge in [-0.25, -0.2) is 4.98 Å². The second-order valence-electron chi connectivity index (χ2n) is 7.97. The van der Waals surface area contributed by atoms with Crippen molar-refractivity contribution in [3.8, 4) is 22.8 Å². The van der Waals surface area contributed by atoms with Crippen molar-refractivity contribution in [2.45, 2.75) is 19.0 Å². The number of carbonyl (C=O) groups excluding carboxylic acids is 1. The normalized spacial score (nSPS) is 11.1. The Balaban J connectivity index is 1.38. The van der Waals surface area contributed by atoms with Crippen LogP contribution in [0.15, 0.2) is 71.9 Å². The van der Waals surface area contributed by atoms with Gasteiger partial charge in [-0.05, 0) is 55.3 Å². The first-order valence-electron chi connectivity index (χ1n) is 11.0. The maximum Gasteiger partial charge on any atom is 0.236 e. The van der Waals surface area contributed by atoms with Gasteiger partial charge in [-0.3, -0.25) is 9.36 Å². The maximum absolute atomic E-state index is 12.8. The van der Waals surface area contributed by atoms with Crippen molar-refractivity contribution >= 4 is 44.4 Å². The van der Waals surface area contributed by atoms with Crippen LogP contribution < -0.4 is 10.1 Å². The standard InChI is InChI=1S/C26H23N5O2S2/c1-16-9-10-19(13-17(16)2)31-24(18-7-5-4-6-8-18)29-30-26(31)34-15-23(32)28-25-27-21-12-11-20(33-3)14-22(21)35-25/h4-14H,15H2,1-3H3,(H,27,28,32). The van der Waals surface area contributed by atoms with Gasteiger partial charge in [-0.2, -0.15) is 0 Å². The molecule has 0 saturated heterocycles. The van der Waals surface area contributed by atoms with Crippen molar-refractivity contribution in [3.05, 3.63) is 77.9 Å². The van der Waals surface area contributed by atoms with E-state index in [9.17, 15) is 4.79 Å². The van der Waals surface area contributed by atoms with Crippen molar-refractivity contribution in [2.75, 3.05) is 18.2 Å². The van der Waals surface area contributed by atoms with E-state index >= 15 is 0 Å². The first-order valence-corrected chi connectivity index (χ1v) is 12.8. The van der Waals surface area contributed by atoms with Crippen molar-refractivity contribution in [2.24, 2.45) is 0 Å². The van der Waals surface area contributed by atoms with Crippen LogP contribution >= 0.6 is 23.1 Å². The van der Waals surface area contributed by atoms with Gasteiger partial charge in [0.15, 0.2) is 16.1 Å². The minimum absolute atomic E-state index is 0.156. The summed E-state index contributed by atoms with van der Waals surface area (Å²) < 4.78 is 8.23. The van der Waals surface area contributed by atoms with Gasteiger partial charge in [0, 0.05) is 5.56 Å². The van der Waals surface area contributed by atoms with Gasteiger partial charge in [0.25, 0.3) is 0 Å². The number of thioether (sulfide) groups is 1. The number of methoxy groups -OCH3 is 1. The summed E-state index contributed by atoms with van der Waals surface area (Å²) in [6, 6.07) is 21.8. The van der Waals surface area contributed by atoms with E-state index in [0.717, 1.165) is 33.0 Å². The molecule has 0 saturated carbocycles. The largest absolute Gasteiger partial charge is 0.497 e. The van der Waals surface area contributed by atoms with E-state index < -0.39 is 0 Å². The molecule has 0 radical (unpaired) electrons. The summed E-state index contributed by atoms with van der Waals surface area (Å²) in [4.78, 5) is 17.3. The number of thiazole rings is 1. The number of hydrogen-bond donors (Lipinski definition) is 1. The second kappa shape index (κ2) is 9.89. The average molecular weight is 502 g/mol. The molecule has 2 heterocycles. The van der Waals surface area contributed by atoms with Crippen LogP contribution in [-0.4, -0.2) is 38.5 Å². The van der Waals surface area contributed by atoms with E-state index in [-0.39, 0.29) is 11.7 Å². The molecule has 0 aliphatic carbocycles. The fourth-order valence-electron chi connectivity index (χ4n) is 3.61. The summed E-state index contributed by atoms with van der Waals surface area (Å²) in [5.41, 5.74) is 5.13. The summed E-state index contributed by atoms with van der Waals surface area (Å²) in [5.74, 6) is 1.51. The van der Waals surface area contributed by atoms with Crippen LogP contribution in [0.2, 0.25) is 0 Å². The summed E-state index contributed by atoms with van der Waals surface area (Å²) in [7, 11) is 1.63. The Kier molecular flexibility index (Phi) is 6.52. The topological polar surface area (TPSA) is 81.9 Å². The van der Waals surface area contributed by atoms with Crippen molar-refractivity contribution < 1.29 is 9.53 Å². The van der Waals surface area contributed by atoms with Crippen molar-refractivity contribution in [3.63, 3.8) is 0 Å². The van der Waals surface area contributed by atoms with E-state index in [1.807, 2.05) is 53.1 Å². The Morgan fingerprint density at radius 2 is 1.86 bits per heavy atom. The third-order valence-electron chi connectivity index (χ3n) is 5.59.